The molecule has 2 aromatic carbocycles. The fourth-order valence-electron chi connectivity index (χ4n) is 3.66. The Kier molecular flexibility index (Phi) is 5.55. The molecule has 0 bridgehead atoms. The minimum atomic E-state index is -3.38. The van der Waals surface area contributed by atoms with Gasteiger partial charge in [0.2, 0.25) is 15.9 Å². The summed E-state index contributed by atoms with van der Waals surface area (Å²) in [5.41, 5.74) is 2.50. The monoisotopic (exact) mass is 439 g/mol. The highest BCUT2D eigenvalue weighted by atomic mass is 32.2. The van der Waals surface area contributed by atoms with Crippen LogP contribution in [0, 0.1) is 0 Å². The summed E-state index contributed by atoms with van der Waals surface area (Å²) in [5, 5.41) is 2.93. The number of aromatic nitrogens is 2. The first kappa shape index (κ1) is 21.1. The van der Waals surface area contributed by atoms with E-state index >= 15 is 0 Å². The van der Waals surface area contributed by atoms with Crippen molar-refractivity contribution >= 4 is 27.3 Å². The van der Waals surface area contributed by atoms with Gasteiger partial charge >= 0.3 is 0 Å². The van der Waals surface area contributed by atoms with Gasteiger partial charge in [0, 0.05) is 36.9 Å². The fraction of sp³-hybridized carbons (Fsp3) is 0.273. The third-order valence-corrected chi connectivity index (χ3v) is 6.20. The Hall–Kier alpha value is -3.17. The van der Waals surface area contributed by atoms with Gasteiger partial charge in [0.25, 0.3) is 0 Å². The van der Waals surface area contributed by atoms with Gasteiger partial charge in [0.05, 0.1) is 23.8 Å². The Morgan fingerprint density at radius 1 is 1.16 bits per heavy atom. The number of likely N-dealkylation sites (tertiary alicyclic amines) is 1. The van der Waals surface area contributed by atoms with Crippen molar-refractivity contribution < 1.29 is 13.2 Å². The molecule has 1 amide bonds. The molecular weight excluding hydrogens is 414 g/mol. The number of rotatable bonds is 7. The van der Waals surface area contributed by atoms with E-state index in [1.807, 2.05) is 29.8 Å². The van der Waals surface area contributed by atoms with Crippen molar-refractivity contribution in [3.05, 3.63) is 72.8 Å². The largest absolute Gasteiger partial charge is 0.324 e. The summed E-state index contributed by atoms with van der Waals surface area (Å²) in [7, 11) is -3.38. The highest BCUT2D eigenvalue weighted by Crippen LogP contribution is 2.33. The van der Waals surface area contributed by atoms with E-state index in [0.717, 1.165) is 30.5 Å². The number of carbonyl (C=O) groups excluding carboxylic acids is 1. The smallest absolute Gasteiger partial charge is 0.244 e. The third-order valence-electron chi connectivity index (χ3n) is 5.59. The molecule has 2 heterocycles. The lowest BCUT2D eigenvalue weighted by molar-refractivity contribution is -0.136. The van der Waals surface area contributed by atoms with Gasteiger partial charge in [-0.15, -0.1) is 0 Å². The van der Waals surface area contributed by atoms with Crippen LogP contribution in [0.1, 0.15) is 18.9 Å². The minimum absolute atomic E-state index is 0.106. The van der Waals surface area contributed by atoms with Crippen LogP contribution in [0.3, 0.4) is 0 Å². The number of imidazole rings is 1. The highest BCUT2D eigenvalue weighted by molar-refractivity contribution is 7.92. The topological polar surface area (TPSA) is 96.3 Å². The van der Waals surface area contributed by atoms with E-state index in [9.17, 15) is 13.2 Å². The molecule has 1 unspecified atom stereocenters. The number of sulfonamides is 1. The van der Waals surface area contributed by atoms with Crippen LogP contribution in [0.4, 0.5) is 11.4 Å². The normalized spacial score (nSPS) is 18.9. The van der Waals surface area contributed by atoms with E-state index in [0.29, 0.717) is 17.9 Å². The number of hydrogen-bond donors (Lipinski definition) is 2. The standard InChI is InChI=1S/C22H25N5O3S/c1-22(21(28)24-18-4-3-5-19(14-18)25-31(2,29)30)10-12-27(22)15-17-6-8-20(9-7-17)26-13-11-23-16-26/h3-9,11,13-14,16,25H,10,12,15H2,1-2H3,(H,24,28). The number of hydrogen-bond acceptors (Lipinski definition) is 5. The number of carbonyl (C=O) groups is 1. The van der Waals surface area contributed by atoms with Crippen LogP contribution in [0.5, 0.6) is 0 Å². The quantitative estimate of drug-likeness (QED) is 0.590. The number of nitrogens with one attached hydrogen (secondary N) is 2. The van der Waals surface area contributed by atoms with Gasteiger partial charge < -0.3 is 9.88 Å². The van der Waals surface area contributed by atoms with E-state index < -0.39 is 15.6 Å². The van der Waals surface area contributed by atoms with Crippen molar-refractivity contribution in [2.75, 3.05) is 22.8 Å². The summed E-state index contributed by atoms with van der Waals surface area (Å²) in [6, 6.07) is 14.9. The Labute approximate surface area is 182 Å². The second-order valence-electron chi connectivity index (χ2n) is 7.99. The molecule has 0 aliphatic carbocycles. The molecule has 162 valence electrons. The van der Waals surface area contributed by atoms with Crippen molar-refractivity contribution in [3.8, 4) is 5.69 Å². The molecule has 0 saturated carbocycles. The van der Waals surface area contributed by atoms with Crippen LogP contribution in [-0.2, 0) is 21.4 Å². The van der Waals surface area contributed by atoms with Gasteiger partial charge in [-0.2, -0.15) is 0 Å². The first-order valence-corrected chi connectivity index (χ1v) is 11.8. The van der Waals surface area contributed by atoms with Crippen LogP contribution in [0.25, 0.3) is 5.69 Å². The molecular formula is C22H25N5O3S. The van der Waals surface area contributed by atoms with Crippen molar-refractivity contribution in [1.82, 2.24) is 14.5 Å². The van der Waals surface area contributed by atoms with Crippen LogP contribution >= 0.6 is 0 Å². The van der Waals surface area contributed by atoms with E-state index in [1.165, 1.54) is 0 Å². The van der Waals surface area contributed by atoms with Crippen LogP contribution in [-0.4, -0.2) is 47.1 Å². The van der Waals surface area contributed by atoms with Gasteiger partial charge in [-0.05, 0) is 49.2 Å². The van der Waals surface area contributed by atoms with Crippen LogP contribution in [0.2, 0.25) is 0 Å². The summed E-state index contributed by atoms with van der Waals surface area (Å²) >= 11 is 0. The summed E-state index contributed by atoms with van der Waals surface area (Å²) < 4.78 is 27.3. The molecule has 1 fully saturated rings. The number of amides is 1. The summed E-state index contributed by atoms with van der Waals surface area (Å²) in [6.07, 6.45) is 7.24. The molecule has 0 spiro atoms. The molecule has 1 atom stereocenters. The lowest BCUT2D eigenvalue weighted by Gasteiger charge is -2.49. The average molecular weight is 440 g/mol. The van der Waals surface area contributed by atoms with Gasteiger partial charge in [-0.1, -0.05) is 18.2 Å². The summed E-state index contributed by atoms with van der Waals surface area (Å²) in [5.74, 6) is -0.106. The Balaban J connectivity index is 1.41. The second kappa shape index (κ2) is 8.16. The molecule has 1 aliphatic rings. The van der Waals surface area contributed by atoms with Gasteiger partial charge in [-0.3, -0.25) is 14.4 Å². The SMILES string of the molecule is CC1(C(=O)Nc2cccc(NS(C)(=O)=O)c2)CCN1Cc1ccc(-n2ccnc2)cc1. The van der Waals surface area contributed by atoms with Gasteiger partial charge in [0.1, 0.15) is 0 Å². The maximum Gasteiger partial charge on any atom is 0.244 e. The number of anilines is 2. The Morgan fingerprint density at radius 3 is 2.52 bits per heavy atom. The molecule has 4 rings (SSSR count). The van der Waals surface area contributed by atoms with E-state index in [1.54, 1.807) is 36.8 Å². The Morgan fingerprint density at radius 2 is 1.90 bits per heavy atom. The van der Waals surface area contributed by atoms with Crippen molar-refractivity contribution in [2.24, 2.45) is 0 Å². The molecule has 2 N–H and O–H groups in total. The minimum Gasteiger partial charge on any atom is -0.324 e. The van der Waals surface area contributed by atoms with Crippen molar-refractivity contribution in [1.29, 1.82) is 0 Å². The summed E-state index contributed by atoms with van der Waals surface area (Å²) in [4.78, 5) is 19.2. The molecule has 8 nitrogen and oxygen atoms in total. The van der Waals surface area contributed by atoms with Crippen molar-refractivity contribution in [3.63, 3.8) is 0 Å². The molecule has 31 heavy (non-hydrogen) atoms. The van der Waals surface area contributed by atoms with Crippen molar-refractivity contribution in [2.45, 2.75) is 25.4 Å². The fourth-order valence-corrected chi connectivity index (χ4v) is 4.22. The highest BCUT2D eigenvalue weighted by Gasteiger charge is 2.46. The van der Waals surface area contributed by atoms with Gasteiger partial charge in [-0.25, -0.2) is 13.4 Å². The van der Waals surface area contributed by atoms with Crippen LogP contribution in [0.15, 0.2) is 67.3 Å². The lowest BCUT2D eigenvalue weighted by Crippen LogP contribution is -2.63. The maximum absolute atomic E-state index is 13.0. The average Bonchev–Trinajstić information content (AvgIpc) is 3.25. The first-order valence-electron chi connectivity index (χ1n) is 9.95. The molecule has 3 aromatic rings. The van der Waals surface area contributed by atoms with Gasteiger partial charge in [0.15, 0.2) is 0 Å². The predicted octanol–water partition coefficient (Wildman–Crippen LogP) is 2.85. The zero-order chi connectivity index (χ0) is 22.1. The zero-order valence-electron chi connectivity index (χ0n) is 17.4. The number of benzene rings is 2. The summed E-state index contributed by atoms with van der Waals surface area (Å²) in [6.45, 7) is 3.44. The Bertz CT molecular complexity index is 1180. The molecule has 1 aliphatic heterocycles. The predicted molar refractivity (Wildman–Crippen MR) is 121 cm³/mol. The van der Waals surface area contributed by atoms with E-state index in [2.05, 4.69) is 32.1 Å². The molecule has 1 aromatic heterocycles. The number of nitrogens with zero attached hydrogens (tertiary/aromatic N) is 3. The van der Waals surface area contributed by atoms with E-state index in [-0.39, 0.29) is 5.91 Å². The lowest BCUT2D eigenvalue weighted by atomic mass is 9.85. The molecule has 0 radical (unpaired) electrons. The third kappa shape index (κ3) is 4.78. The van der Waals surface area contributed by atoms with Crippen LogP contribution < -0.4 is 10.0 Å². The second-order valence-corrected chi connectivity index (χ2v) is 9.74. The zero-order valence-corrected chi connectivity index (χ0v) is 18.3. The first-order chi connectivity index (χ1) is 14.7. The van der Waals surface area contributed by atoms with E-state index in [4.69, 9.17) is 0 Å². The molecule has 9 heteroatoms. The maximum atomic E-state index is 13.0. The molecule has 1 saturated heterocycles.